The van der Waals surface area contributed by atoms with Crippen molar-refractivity contribution in [3.05, 3.63) is 39.2 Å². The van der Waals surface area contributed by atoms with E-state index < -0.39 is 10.8 Å². The van der Waals surface area contributed by atoms with Crippen LogP contribution in [0.1, 0.15) is 10.5 Å². The minimum atomic E-state index is -0.643. The topological polar surface area (TPSA) is 123 Å². The summed E-state index contributed by atoms with van der Waals surface area (Å²) in [7, 11) is 1.39. The molecule has 0 bridgehead atoms. The second-order valence-electron chi connectivity index (χ2n) is 3.53. The number of rotatable bonds is 4. The van der Waals surface area contributed by atoms with Crippen LogP contribution in [0.3, 0.4) is 0 Å². The molecule has 20 heavy (non-hydrogen) atoms. The Morgan fingerprint density at radius 3 is 2.85 bits per heavy atom. The van der Waals surface area contributed by atoms with E-state index in [0.717, 1.165) is 0 Å². The number of aromatic amines is 1. The molecular weight excluding hydrogens is 290 g/mol. The van der Waals surface area contributed by atoms with E-state index in [9.17, 15) is 14.9 Å². The summed E-state index contributed by atoms with van der Waals surface area (Å²) < 4.78 is 4.87. The molecule has 0 aliphatic rings. The molecule has 0 saturated heterocycles. The van der Waals surface area contributed by atoms with Gasteiger partial charge in [0.15, 0.2) is 5.69 Å². The Morgan fingerprint density at radius 1 is 1.50 bits per heavy atom. The number of nitrogens with zero attached hydrogens (tertiary/aromatic N) is 3. The standard InChI is InChI=1S/C10H8ClN5O4/c1-20-8-4-6(11)13-10(14-8)15-9(17)5-2-3-7(12-5)16(18)19/h2-4,12H,1H3,(H,13,14,15,17). The quantitative estimate of drug-likeness (QED) is 0.502. The van der Waals surface area contributed by atoms with Crippen LogP contribution in [0.5, 0.6) is 5.88 Å². The second kappa shape index (κ2) is 5.53. The summed E-state index contributed by atoms with van der Waals surface area (Å²) in [6, 6.07) is 3.82. The van der Waals surface area contributed by atoms with E-state index >= 15 is 0 Å². The lowest BCUT2D eigenvalue weighted by Crippen LogP contribution is -2.15. The molecule has 2 rings (SSSR count). The predicted molar refractivity (Wildman–Crippen MR) is 69.0 cm³/mol. The number of nitro groups is 1. The third-order valence-electron chi connectivity index (χ3n) is 2.22. The van der Waals surface area contributed by atoms with Crippen molar-refractivity contribution in [2.45, 2.75) is 0 Å². The van der Waals surface area contributed by atoms with Crippen molar-refractivity contribution in [3.63, 3.8) is 0 Å². The molecule has 2 aromatic heterocycles. The van der Waals surface area contributed by atoms with E-state index in [-0.39, 0.29) is 28.5 Å². The van der Waals surface area contributed by atoms with Gasteiger partial charge in [-0.05, 0) is 11.0 Å². The third-order valence-corrected chi connectivity index (χ3v) is 2.41. The maximum atomic E-state index is 11.8. The van der Waals surface area contributed by atoms with Gasteiger partial charge in [0.2, 0.25) is 11.8 Å². The van der Waals surface area contributed by atoms with Crippen molar-refractivity contribution < 1.29 is 14.5 Å². The normalized spacial score (nSPS) is 10.1. The van der Waals surface area contributed by atoms with Gasteiger partial charge in [-0.15, -0.1) is 0 Å². The Bertz CT molecular complexity index is 671. The van der Waals surface area contributed by atoms with E-state index in [1.54, 1.807) is 0 Å². The first-order valence-corrected chi connectivity index (χ1v) is 5.60. The molecule has 9 nitrogen and oxygen atoms in total. The lowest BCUT2D eigenvalue weighted by molar-refractivity contribution is -0.389. The number of aromatic nitrogens is 3. The number of halogens is 1. The van der Waals surface area contributed by atoms with Gasteiger partial charge in [-0.3, -0.25) is 10.1 Å². The van der Waals surface area contributed by atoms with Gasteiger partial charge < -0.3 is 14.9 Å². The number of H-pyrrole nitrogens is 1. The first-order valence-electron chi connectivity index (χ1n) is 5.23. The average molecular weight is 298 g/mol. The van der Waals surface area contributed by atoms with E-state index in [0.29, 0.717) is 0 Å². The molecule has 2 heterocycles. The molecule has 1 amide bonds. The minimum absolute atomic E-state index is 0.000702. The van der Waals surface area contributed by atoms with Crippen LogP contribution in [0, 0.1) is 10.1 Å². The van der Waals surface area contributed by atoms with Crippen molar-refractivity contribution in [2.75, 3.05) is 12.4 Å². The number of anilines is 1. The molecule has 0 aliphatic heterocycles. The fourth-order valence-corrected chi connectivity index (χ4v) is 1.52. The SMILES string of the molecule is COc1cc(Cl)nc(NC(=O)c2ccc([N+](=O)[O-])[nH]2)n1. The van der Waals surface area contributed by atoms with Crippen molar-refractivity contribution in [3.8, 4) is 5.88 Å². The highest BCUT2D eigenvalue weighted by Crippen LogP contribution is 2.17. The molecule has 0 unspecified atom stereocenters. The molecule has 104 valence electrons. The van der Waals surface area contributed by atoms with Crippen LogP contribution in [0.4, 0.5) is 11.8 Å². The molecule has 0 radical (unpaired) electrons. The Hall–Kier alpha value is -2.68. The maximum absolute atomic E-state index is 11.8. The fraction of sp³-hybridized carbons (Fsp3) is 0.100. The largest absolute Gasteiger partial charge is 0.481 e. The molecule has 0 saturated carbocycles. The average Bonchev–Trinajstić information content (AvgIpc) is 2.87. The van der Waals surface area contributed by atoms with Crippen molar-refractivity contribution >= 4 is 29.3 Å². The van der Waals surface area contributed by atoms with Crippen molar-refractivity contribution in [1.29, 1.82) is 0 Å². The van der Waals surface area contributed by atoms with Crippen LogP contribution < -0.4 is 10.1 Å². The number of hydrogen-bond donors (Lipinski definition) is 2. The van der Waals surface area contributed by atoms with Crippen LogP contribution in [0.15, 0.2) is 18.2 Å². The van der Waals surface area contributed by atoms with Gasteiger partial charge in [0.05, 0.1) is 7.11 Å². The first kappa shape index (κ1) is 13.7. The molecule has 2 aromatic rings. The van der Waals surface area contributed by atoms with Crippen LogP contribution in [0.2, 0.25) is 5.15 Å². The number of amides is 1. The zero-order valence-electron chi connectivity index (χ0n) is 10.1. The zero-order chi connectivity index (χ0) is 14.7. The molecule has 0 aromatic carbocycles. The van der Waals surface area contributed by atoms with Gasteiger partial charge in [-0.1, -0.05) is 11.6 Å². The Kier molecular flexibility index (Phi) is 3.80. The van der Waals surface area contributed by atoms with Gasteiger partial charge in [0.25, 0.3) is 5.91 Å². The number of carbonyl (C=O) groups excluding carboxylic acids is 1. The Morgan fingerprint density at radius 2 is 2.25 bits per heavy atom. The Balaban J connectivity index is 2.18. The summed E-state index contributed by atoms with van der Waals surface area (Å²) in [4.78, 5) is 31.7. The molecule has 0 aliphatic carbocycles. The summed E-state index contributed by atoms with van der Waals surface area (Å²) in [6.07, 6.45) is 0. The molecule has 0 spiro atoms. The zero-order valence-corrected chi connectivity index (χ0v) is 10.8. The predicted octanol–water partition coefficient (Wildman–Crippen LogP) is 1.63. The second-order valence-corrected chi connectivity index (χ2v) is 3.91. The minimum Gasteiger partial charge on any atom is -0.481 e. The smallest absolute Gasteiger partial charge is 0.321 e. The summed E-state index contributed by atoms with van der Waals surface area (Å²) >= 11 is 5.72. The highest BCUT2D eigenvalue weighted by Gasteiger charge is 2.17. The van der Waals surface area contributed by atoms with Gasteiger partial charge in [0, 0.05) is 12.1 Å². The van der Waals surface area contributed by atoms with Crippen LogP contribution in [-0.2, 0) is 0 Å². The number of hydrogen-bond acceptors (Lipinski definition) is 6. The molecule has 2 N–H and O–H groups in total. The van der Waals surface area contributed by atoms with Crippen molar-refractivity contribution in [2.24, 2.45) is 0 Å². The van der Waals surface area contributed by atoms with E-state index in [2.05, 4.69) is 20.3 Å². The molecular formula is C10H8ClN5O4. The van der Waals surface area contributed by atoms with E-state index in [1.807, 2.05) is 0 Å². The maximum Gasteiger partial charge on any atom is 0.321 e. The van der Waals surface area contributed by atoms with Crippen LogP contribution >= 0.6 is 11.6 Å². The lowest BCUT2D eigenvalue weighted by atomic mass is 10.4. The summed E-state index contributed by atoms with van der Waals surface area (Å²) in [5.41, 5.74) is -0.000702. The van der Waals surface area contributed by atoms with Crippen LogP contribution in [-0.4, -0.2) is 32.9 Å². The Labute approximate surface area is 117 Å². The summed E-state index contributed by atoms with van der Waals surface area (Å²) in [6.45, 7) is 0. The lowest BCUT2D eigenvalue weighted by Gasteiger charge is -2.03. The van der Waals surface area contributed by atoms with Crippen LogP contribution in [0.25, 0.3) is 0 Å². The fourth-order valence-electron chi connectivity index (χ4n) is 1.35. The first-order chi connectivity index (χ1) is 9.49. The monoisotopic (exact) mass is 297 g/mol. The van der Waals surface area contributed by atoms with Gasteiger partial charge in [-0.2, -0.15) is 4.98 Å². The van der Waals surface area contributed by atoms with Gasteiger partial charge in [0.1, 0.15) is 5.15 Å². The molecule has 0 fully saturated rings. The summed E-state index contributed by atoms with van der Waals surface area (Å²) in [5, 5.41) is 12.9. The summed E-state index contributed by atoms with van der Waals surface area (Å²) in [5.74, 6) is -0.823. The number of ether oxygens (including phenoxy) is 1. The third kappa shape index (κ3) is 3.01. The highest BCUT2D eigenvalue weighted by atomic mass is 35.5. The number of carbonyl (C=O) groups is 1. The van der Waals surface area contributed by atoms with Crippen molar-refractivity contribution in [1.82, 2.24) is 15.0 Å². The number of nitrogens with one attached hydrogen (secondary N) is 2. The number of methoxy groups -OCH3 is 1. The van der Waals surface area contributed by atoms with E-state index in [1.165, 1.54) is 25.3 Å². The van der Waals surface area contributed by atoms with Gasteiger partial charge >= 0.3 is 5.82 Å². The van der Waals surface area contributed by atoms with E-state index in [4.69, 9.17) is 16.3 Å². The highest BCUT2D eigenvalue weighted by molar-refractivity contribution is 6.29. The molecule has 10 heteroatoms. The van der Waals surface area contributed by atoms with Gasteiger partial charge in [-0.25, -0.2) is 9.97 Å². The molecule has 0 atom stereocenters.